The first kappa shape index (κ1) is 20.5. The molecule has 4 heterocycles. The second-order valence-corrected chi connectivity index (χ2v) is 9.64. The summed E-state index contributed by atoms with van der Waals surface area (Å²) in [6.07, 6.45) is 5.82. The summed E-state index contributed by atoms with van der Waals surface area (Å²) in [4.78, 5) is 34.6. The number of carbonyl (C=O) groups is 2. The molecular weight excluding hydrogens is 388 g/mol. The maximum atomic E-state index is 12.6. The second-order valence-electron chi connectivity index (χ2n) is 9.64. The zero-order valence-corrected chi connectivity index (χ0v) is 17.8. The Morgan fingerprint density at radius 1 is 1.13 bits per heavy atom. The van der Waals surface area contributed by atoms with E-state index in [1.807, 2.05) is 16.7 Å². The van der Waals surface area contributed by atoms with Gasteiger partial charge in [-0.05, 0) is 44.4 Å². The van der Waals surface area contributed by atoms with Crippen LogP contribution in [0, 0.1) is 17.8 Å². The van der Waals surface area contributed by atoms with Crippen molar-refractivity contribution >= 4 is 12.0 Å². The van der Waals surface area contributed by atoms with Gasteiger partial charge in [-0.2, -0.15) is 5.48 Å². The molecule has 4 saturated heterocycles. The number of hydrogen-bond donors (Lipinski definition) is 2. The number of hydrogen-bond acceptors (Lipinski definition) is 7. The fourth-order valence-electron chi connectivity index (χ4n) is 5.18. The molecule has 5 aliphatic rings. The number of piperidine rings is 2. The van der Waals surface area contributed by atoms with E-state index in [1.165, 1.54) is 6.42 Å². The van der Waals surface area contributed by atoms with Gasteiger partial charge in [-0.15, -0.1) is 0 Å². The Hall–Kier alpha value is -1.42. The van der Waals surface area contributed by atoms with Crippen LogP contribution in [0.1, 0.15) is 45.4 Å². The highest BCUT2D eigenvalue weighted by atomic mass is 16.7. The number of carbonyl (C=O) groups excluding carboxylic acids is 2. The van der Waals surface area contributed by atoms with E-state index in [9.17, 15) is 9.59 Å². The lowest BCUT2D eigenvalue weighted by molar-refractivity contribution is -0.159. The molecule has 30 heavy (non-hydrogen) atoms. The van der Waals surface area contributed by atoms with Crippen LogP contribution in [0.5, 0.6) is 0 Å². The monoisotopic (exact) mass is 422 g/mol. The summed E-state index contributed by atoms with van der Waals surface area (Å²) in [5.41, 5.74) is 3.19. The summed E-state index contributed by atoms with van der Waals surface area (Å²) in [6, 6.07) is 0.219. The molecular formula is C21H34N4O5. The highest BCUT2D eigenvalue weighted by Gasteiger charge is 2.44. The SMILES string of the molecule is CC1CC(C2NC(C3CCN(C(=O)OC4CCC4)CC3)NO2)CN(C2COC2)C1=O. The van der Waals surface area contributed by atoms with Gasteiger partial charge in [0.15, 0.2) is 0 Å². The Balaban J connectivity index is 1.10. The minimum absolute atomic E-state index is 0.0127. The first-order chi connectivity index (χ1) is 14.6. The summed E-state index contributed by atoms with van der Waals surface area (Å²) < 4.78 is 10.8. The van der Waals surface area contributed by atoms with Gasteiger partial charge in [-0.3, -0.25) is 14.9 Å². The second kappa shape index (κ2) is 8.61. The molecule has 9 heteroatoms. The number of likely N-dealkylation sites (tertiary alicyclic amines) is 2. The van der Waals surface area contributed by atoms with Gasteiger partial charge in [-0.1, -0.05) is 6.92 Å². The third-order valence-corrected chi connectivity index (χ3v) is 7.54. The Morgan fingerprint density at radius 2 is 1.90 bits per heavy atom. The first-order valence-corrected chi connectivity index (χ1v) is 11.6. The van der Waals surface area contributed by atoms with Crippen LogP contribution in [0.4, 0.5) is 4.79 Å². The maximum absolute atomic E-state index is 12.6. The van der Waals surface area contributed by atoms with Gasteiger partial charge < -0.3 is 19.3 Å². The number of ether oxygens (including phenoxy) is 2. The number of rotatable bonds is 4. The number of nitrogens with zero attached hydrogens (tertiary/aromatic N) is 2. The quantitative estimate of drug-likeness (QED) is 0.700. The third-order valence-electron chi connectivity index (χ3n) is 7.54. The van der Waals surface area contributed by atoms with Gasteiger partial charge in [0.25, 0.3) is 0 Å². The maximum Gasteiger partial charge on any atom is 0.410 e. The smallest absolute Gasteiger partial charge is 0.410 e. The van der Waals surface area contributed by atoms with E-state index in [4.69, 9.17) is 14.3 Å². The van der Waals surface area contributed by atoms with E-state index < -0.39 is 0 Å². The van der Waals surface area contributed by atoms with E-state index in [0.717, 1.165) is 45.2 Å². The molecule has 0 aromatic heterocycles. The molecule has 0 aromatic carbocycles. The van der Waals surface area contributed by atoms with Gasteiger partial charge in [-0.25, -0.2) is 4.79 Å². The van der Waals surface area contributed by atoms with Crippen molar-refractivity contribution in [1.82, 2.24) is 20.6 Å². The first-order valence-electron chi connectivity index (χ1n) is 11.6. The van der Waals surface area contributed by atoms with Gasteiger partial charge in [0.1, 0.15) is 12.3 Å². The van der Waals surface area contributed by atoms with Crippen LogP contribution >= 0.6 is 0 Å². The molecule has 2 amide bonds. The summed E-state index contributed by atoms with van der Waals surface area (Å²) >= 11 is 0. The Kier molecular flexibility index (Phi) is 5.88. The molecule has 4 aliphatic heterocycles. The average molecular weight is 423 g/mol. The summed E-state index contributed by atoms with van der Waals surface area (Å²) in [7, 11) is 0. The number of nitrogens with one attached hydrogen (secondary N) is 2. The molecule has 4 atom stereocenters. The molecule has 5 fully saturated rings. The normalized spacial score (nSPS) is 36.5. The standard InChI is InChI=1S/C21H34N4O5/c1-13-9-15(10-25(20(13)26)16-11-28-12-16)19-22-18(23-30-19)14-5-7-24(8-6-14)21(27)29-17-3-2-4-17/h13-19,22-23H,2-12H2,1H3. The van der Waals surface area contributed by atoms with Crippen molar-refractivity contribution < 1.29 is 23.9 Å². The molecule has 5 rings (SSSR count). The molecule has 168 valence electrons. The van der Waals surface area contributed by atoms with Crippen LogP contribution in [0.25, 0.3) is 0 Å². The minimum atomic E-state index is -0.152. The van der Waals surface area contributed by atoms with E-state index in [-0.39, 0.29) is 48.4 Å². The van der Waals surface area contributed by atoms with Crippen LogP contribution in [-0.4, -0.2) is 79.2 Å². The van der Waals surface area contributed by atoms with Gasteiger partial charge in [0.05, 0.1) is 25.4 Å². The van der Waals surface area contributed by atoms with Crippen molar-refractivity contribution in [3.8, 4) is 0 Å². The number of hydroxylamine groups is 1. The largest absolute Gasteiger partial charge is 0.446 e. The van der Waals surface area contributed by atoms with Crippen molar-refractivity contribution in [1.29, 1.82) is 0 Å². The molecule has 1 saturated carbocycles. The predicted octanol–water partition coefficient (Wildman–Crippen LogP) is 1.05. The molecule has 0 radical (unpaired) electrons. The van der Waals surface area contributed by atoms with Crippen LogP contribution < -0.4 is 10.8 Å². The van der Waals surface area contributed by atoms with Crippen molar-refractivity contribution in [3.05, 3.63) is 0 Å². The summed E-state index contributed by atoms with van der Waals surface area (Å²) in [5, 5.41) is 3.62. The van der Waals surface area contributed by atoms with E-state index in [2.05, 4.69) is 10.8 Å². The van der Waals surface area contributed by atoms with Crippen molar-refractivity contribution in [3.63, 3.8) is 0 Å². The molecule has 1 aliphatic carbocycles. The van der Waals surface area contributed by atoms with Crippen LogP contribution in [0.15, 0.2) is 0 Å². The van der Waals surface area contributed by atoms with Crippen LogP contribution in [0.3, 0.4) is 0 Å². The zero-order chi connectivity index (χ0) is 20.7. The fourth-order valence-corrected chi connectivity index (χ4v) is 5.18. The molecule has 0 aromatic rings. The molecule has 0 spiro atoms. The van der Waals surface area contributed by atoms with Crippen molar-refractivity contribution in [2.45, 2.75) is 70.0 Å². The van der Waals surface area contributed by atoms with Gasteiger partial charge >= 0.3 is 6.09 Å². The molecule has 2 N–H and O–H groups in total. The summed E-state index contributed by atoms with van der Waals surface area (Å²) in [5.74, 6) is 0.914. The number of amides is 2. The summed E-state index contributed by atoms with van der Waals surface area (Å²) in [6.45, 7) is 5.48. The lowest BCUT2D eigenvalue weighted by Crippen LogP contribution is -2.59. The third kappa shape index (κ3) is 4.04. The van der Waals surface area contributed by atoms with E-state index in [1.54, 1.807) is 0 Å². The zero-order valence-electron chi connectivity index (χ0n) is 17.8. The van der Waals surface area contributed by atoms with Crippen molar-refractivity contribution in [2.75, 3.05) is 32.8 Å². The highest BCUT2D eigenvalue weighted by Crippen LogP contribution is 2.32. The lowest BCUT2D eigenvalue weighted by Gasteiger charge is -2.44. The minimum Gasteiger partial charge on any atom is -0.446 e. The Bertz CT molecular complexity index is 647. The fraction of sp³-hybridized carbons (Fsp3) is 0.905. The Morgan fingerprint density at radius 3 is 2.53 bits per heavy atom. The Labute approximate surface area is 177 Å². The van der Waals surface area contributed by atoms with E-state index in [0.29, 0.717) is 25.7 Å². The van der Waals surface area contributed by atoms with Crippen molar-refractivity contribution in [2.24, 2.45) is 17.8 Å². The topological polar surface area (TPSA) is 92.4 Å². The highest BCUT2D eigenvalue weighted by molar-refractivity contribution is 5.79. The predicted molar refractivity (Wildman–Crippen MR) is 107 cm³/mol. The molecule has 0 bridgehead atoms. The van der Waals surface area contributed by atoms with Gasteiger partial charge in [0.2, 0.25) is 5.91 Å². The average Bonchev–Trinajstić information content (AvgIpc) is 3.17. The van der Waals surface area contributed by atoms with Crippen LogP contribution in [-0.2, 0) is 19.1 Å². The van der Waals surface area contributed by atoms with Gasteiger partial charge in [0, 0.05) is 31.5 Å². The van der Waals surface area contributed by atoms with Crippen LogP contribution in [0.2, 0.25) is 0 Å². The lowest BCUT2D eigenvalue weighted by atomic mass is 9.87. The molecule has 9 nitrogen and oxygen atoms in total. The van der Waals surface area contributed by atoms with E-state index >= 15 is 0 Å². The molecule has 4 unspecified atom stereocenters.